The molecule has 2 aromatic carbocycles. The lowest BCUT2D eigenvalue weighted by Crippen LogP contribution is -2.15. The predicted octanol–water partition coefficient (Wildman–Crippen LogP) is 3.61. The molecular weight excluding hydrogens is 306 g/mol. The Morgan fingerprint density at radius 3 is 2.42 bits per heavy atom. The number of benzene rings is 2. The van der Waals surface area contributed by atoms with Crippen LogP contribution in [0.5, 0.6) is 5.75 Å². The molecule has 0 bridgehead atoms. The van der Waals surface area contributed by atoms with Gasteiger partial charge in [0.2, 0.25) is 5.91 Å². The third-order valence-electron chi connectivity index (χ3n) is 3.74. The fourth-order valence-electron chi connectivity index (χ4n) is 2.38. The number of amides is 1. The Bertz CT molecular complexity index is 710. The van der Waals surface area contributed by atoms with Gasteiger partial charge in [0.05, 0.1) is 19.8 Å². The van der Waals surface area contributed by atoms with E-state index in [9.17, 15) is 9.59 Å². The number of esters is 1. The molecule has 0 radical (unpaired) electrons. The third-order valence-corrected chi connectivity index (χ3v) is 3.74. The maximum absolute atomic E-state index is 12.2. The minimum atomic E-state index is -0.433. The number of anilines is 1. The summed E-state index contributed by atoms with van der Waals surface area (Å²) in [6, 6.07) is 14.3. The van der Waals surface area contributed by atoms with E-state index in [4.69, 9.17) is 4.74 Å². The summed E-state index contributed by atoms with van der Waals surface area (Å²) in [5, 5.41) is 2.81. The highest BCUT2D eigenvalue weighted by Crippen LogP contribution is 2.22. The second-order valence-corrected chi connectivity index (χ2v) is 5.50. The van der Waals surface area contributed by atoms with Crippen molar-refractivity contribution in [1.29, 1.82) is 0 Å². The van der Waals surface area contributed by atoms with Gasteiger partial charge in [0.15, 0.2) is 0 Å². The van der Waals surface area contributed by atoms with Crippen molar-refractivity contribution in [2.75, 3.05) is 19.5 Å². The molecule has 24 heavy (non-hydrogen) atoms. The minimum Gasteiger partial charge on any atom is -0.497 e. The van der Waals surface area contributed by atoms with Crippen LogP contribution in [0.1, 0.15) is 35.2 Å². The summed E-state index contributed by atoms with van der Waals surface area (Å²) in [7, 11) is 2.94. The lowest BCUT2D eigenvalue weighted by atomic mass is 9.97. The molecule has 0 spiro atoms. The SMILES string of the molecule is COC(=O)c1cccc(NC(=O)CC(C)c2ccc(OC)cc2)c1. The van der Waals surface area contributed by atoms with Crippen LogP contribution in [0.4, 0.5) is 5.69 Å². The number of hydrogen-bond acceptors (Lipinski definition) is 4. The summed E-state index contributed by atoms with van der Waals surface area (Å²) in [5.41, 5.74) is 2.04. The highest BCUT2D eigenvalue weighted by Gasteiger charge is 2.13. The van der Waals surface area contributed by atoms with Crippen LogP contribution < -0.4 is 10.1 Å². The first-order chi connectivity index (χ1) is 11.5. The molecular formula is C19H21NO4. The normalized spacial score (nSPS) is 11.5. The molecule has 0 aromatic heterocycles. The molecule has 1 amide bonds. The Hall–Kier alpha value is -2.82. The van der Waals surface area contributed by atoms with Crippen LogP contribution in [0.3, 0.4) is 0 Å². The molecule has 2 rings (SSSR count). The molecule has 5 heteroatoms. The highest BCUT2D eigenvalue weighted by atomic mass is 16.5. The monoisotopic (exact) mass is 327 g/mol. The Kier molecular flexibility index (Phi) is 5.95. The van der Waals surface area contributed by atoms with E-state index < -0.39 is 5.97 Å². The summed E-state index contributed by atoms with van der Waals surface area (Å²) in [4.78, 5) is 23.7. The molecule has 0 heterocycles. The van der Waals surface area contributed by atoms with Crippen LogP contribution in [0, 0.1) is 0 Å². The average Bonchev–Trinajstić information content (AvgIpc) is 2.61. The number of nitrogens with one attached hydrogen (secondary N) is 1. The van der Waals surface area contributed by atoms with Gasteiger partial charge in [-0.1, -0.05) is 25.1 Å². The zero-order valence-corrected chi connectivity index (χ0v) is 14.0. The second kappa shape index (κ2) is 8.15. The molecule has 126 valence electrons. The summed E-state index contributed by atoms with van der Waals surface area (Å²) in [6.45, 7) is 1.99. The Morgan fingerprint density at radius 1 is 1.08 bits per heavy atom. The summed E-state index contributed by atoms with van der Waals surface area (Å²) < 4.78 is 9.81. The van der Waals surface area contributed by atoms with Gasteiger partial charge in [0.1, 0.15) is 5.75 Å². The number of ether oxygens (including phenoxy) is 2. The zero-order chi connectivity index (χ0) is 17.5. The number of hydrogen-bond donors (Lipinski definition) is 1. The van der Waals surface area contributed by atoms with Crippen molar-refractivity contribution in [1.82, 2.24) is 0 Å². The van der Waals surface area contributed by atoms with Crippen LogP contribution >= 0.6 is 0 Å². The van der Waals surface area contributed by atoms with Crippen molar-refractivity contribution in [3.63, 3.8) is 0 Å². The van der Waals surface area contributed by atoms with Crippen LogP contribution in [-0.4, -0.2) is 26.1 Å². The summed E-state index contributed by atoms with van der Waals surface area (Å²) >= 11 is 0. The molecule has 1 unspecified atom stereocenters. The van der Waals surface area contributed by atoms with Gasteiger partial charge in [-0.25, -0.2) is 4.79 Å². The molecule has 0 saturated heterocycles. The van der Waals surface area contributed by atoms with Crippen molar-refractivity contribution in [2.45, 2.75) is 19.3 Å². The number of carbonyl (C=O) groups excluding carboxylic acids is 2. The number of methoxy groups -OCH3 is 2. The van der Waals surface area contributed by atoms with E-state index >= 15 is 0 Å². The number of rotatable bonds is 6. The van der Waals surface area contributed by atoms with E-state index in [1.165, 1.54) is 7.11 Å². The molecule has 0 saturated carbocycles. The Labute approximate surface area is 141 Å². The topological polar surface area (TPSA) is 64.6 Å². The van der Waals surface area contributed by atoms with Gasteiger partial charge >= 0.3 is 5.97 Å². The van der Waals surface area contributed by atoms with Gasteiger partial charge in [-0.15, -0.1) is 0 Å². The van der Waals surface area contributed by atoms with Crippen LogP contribution in [0.15, 0.2) is 48.5 Å². The van der Waals surface area contributed by atoms with Crippen LogP contribution in [-0.2, 0) is 9.53 Å². The first-order valence-electron chi connectivity index (χ1n) is 7.65. The quantitative estimate of drug-likeness (QED) is 0.823. The van der Waals surface area contributed by atoms with Gasteiger partial charge in [0.25, 0.3) is 0 Å². The van der Waals surface area contributed by atoms with Gasteiger partial charge in [-0.05, 0) is 41.8 Å². The van der Waals surface area contributed by atoms with E-state index in [0.29, 0.717) is 17.7 Å². The zero-order valence-electron chi connectivity index (χ0n) is 14.0. The molecule has 2 aromatic rings. The first kappa shape index (κ1) is 17.5. The minimum absolute atomic E-state index is 0.0692. The van der Waals surface area contributed by atoms with E-state index in [-0.39, 0.29) is 11.8 Å². The van der Waals surface area contributed by atoms with Crippen molar-refractivity contribution >= 4 is 17.6 Å². The average molecular weight is 327 g/mol. The predicted molar refractivity (Wildman–Crippen MR) is 92.4 cm³/mol. The van der Waals surface area contributed by atoms with Gasteiger partial charge < -0.3 is 14.8 Å². The van der Waals surface area contributed by atoms with Crippen molar-refractivity contribution < 1.29 is 19.1 Å². The fraction of sp³-hybridized carbons (Fsp3) is 0.263. The largest absolute Gasteiger partial charge is 0.497 e. The van der Waals surface area contributed by atoms with E-state index in [1.807, 2.05) is 31.2 Å². The van der Waals surface area contributed by atoms with Gasteiger partial charge in [-0.2, -0.15) is 0 Å². The van der Waals surface area contributed by atoms with Crippen LogP contribution in [0.2, 0.25) is 0 Å². The highest BCUT2D eigenvalue weighted by molar-refractivity contribution is 5.94. The summed E-state index contributed by atoms with van der Waals surface area (Å²) in [5.74, 6) is 0.313. The van der Waals surface area contributed by atoms with E-state index in [2.05, 4.69) is 10.1 Å². The Balaban J connectivity index is 1.98. The van der Waals surface area contributed by atoms with Crippen molar-refractivity contribution in [2.24, 2.45) is 0 Å². The standard InChI is InChI=1S/C19H21NO4/c1-13(14-7-9-17(23-2)10-8-14)11-18(21)20-16-6-4-5-15(12-16)19(22)24-3/h4-10,12-13H,11H2,1-3H3,(H,20,21). The number of carbonyl (C=O) groups is 2. The fourth-order valence-corrected chi connectivity index (χ4v) is 2.38. The first-order valence-corrected chi connectivity index (χ1v) is 7.65. The van der Waals surface area contributed by atoms with E-state index in [1.54, 1.807) is 31.4 Å². The summed E-state index contributed by atoms with van der Waals surface area (Å²) in [6.07, 6.45) is 0.342. The Morgan fingerprint density at radius 2 is 1.79 bits per heavy atom. The van der Waals surface area contributed by atoms with Crippen molar-refractivity contribution in [3.05, 3.63) is 59.7 Å². The third kappa shape index (κ3) is 4.59. The van der Waals surface area contributed by atoms with E-state index in [0.717, 1.165) is 11.3 Å². The van der Waals surface area contributed by atoms with Gasteiger partial charge in [0, 0.05) is 12.1 Å². The lowest BCUT2D eigenvalue weighted by molar-refractivity contribution is -0.116. The molecule has 1 N–H and O–H groups in total. The van der Waals surface area contributed by atoms with Crippen LogP contribution in [0.25, 0.3) is 0 Å². The molecule has 5 nitrogen and oxygen atoms in total. The molecule has 0 fully saturated rings. The van der Waals surface area contributed by atoms with Crippen molar-refractivity contribution in [3.8, 4) is 5.75 Å². The smallest absolute Gasteiger partial charge is 0.337 e. The molecule has 1 atom stereocenters. The molecule has 0 aliphatic carbocycles. The molecule has 0 aliphatic rings. The van der Waals surface area contributed by atoms with Gasteiger partial charge in [-0.3, -0.25) is 4.79 Å². The maximum atomic E-state index is 12.2. The second-order valence-electron chi connectivity index (χ2n) is 5.50. The molecule has 0 aliphatic heterocycles. The lowest BCUT2D eigenvalue weighted by Gasteiger charge is -2.13. The maximum Gasteiger partial charge on any atom is 0.337 e.